The van der Waals surface area contributed by atoms with Gasteiger partial charge in [-0.15, -0.1) is 0 Å². The van der Waals surface area contributed by atoms with E-state index in [-0.39, 0.29) is 10.5 Å². The zero-order chi connectivity index (χ0) is 10.8. The van der Waals surface area contributed by atoms with E-state index in [4.69, 9.17) is 0 Å². The number of nitrogens with one attached hydrogen (secondary N) is 2. The molecular weight excluding hydrogens is 260 g/mol. The van der Waals surface area contributed by atoms with Crippen LogP contribution in [0.1, 0.15) is 13.8 Å². The van der Waals surface area contributed by atoms with Gasteiger partial charge in [0.05, 0.1) is 0 Å². The smallest absolute Gasteiger partial charge is 0.290 e. The Labute approximate surface area is 100 Å². The molecule has 0 aromatic carbocycles. The molecular formula is C6H12N2O2S4. The second-order valence-corrected chi connectivity index (χ2v) is 6.03. The average Bonchev–Trinajstić information content (AvgIpc) is 2.20. The lowest BCUT2D eigenvalue weighted by atomic mass is 11.0. The summed E-state index contributed by atoms with van der Waals surface area (Å²) >= 11 is 2.63. The van der Waals surface area contributed by atoms with Crippen LogP contribution in [-0.4, -0.2) is 22.0 Å². The van der Waals surface area contributed by atoms with Crippen molar-refractivity contribution in [3.63, 3.8) is 0 Å². The number of hydrogen-bond acceptors (Lipinski definition) is 6. The first-order chi connectivity index (χ1) is 6.70. The van der Waals surface area contributed by atoms with Crippen molar-refractivity contribution in [3.8, 4) is 0 Å². The predicted molar refractivity (Wildman–Crippen MR) is 68.5 cm³/mol. The lowest BCUT2D eigenvalue weighted by Crippen LogP contribution is -2.12. The highest BCUT2D eigenvalue weighted by Crippen LogP contribution is 2.23. The molecule has 0 aromatic heterocycles. The van der Waals surface area contributed by atoms with Gasteiger partial charge >= 0.3 is 0 Å². The molecule has 2 amide bonds. The summed E-state index contributed by atoms with van der Waals surface area (Å²) in [6.07, 6.45) is 0. The molecule has 0 aliphatic carbocycles. The number of rotatable bonds is 4. The van der Waals surface area contributed by atoms with Crippen LogP contribution in [0.3, 0.4) is 0 Å². The van der Waals surface area contributed by atoms with Crippen molar-refractivity contribution in [2.45, 2.75) is 13.8 Å². The Morgan fingerprint density at radius 2 is 1.29 bits per heavy atom. The maximum absolute atomic E-state index is 11.0. The third kappa shape index (κ3) is 8.92. The molecule has 0 bridgehead atoms. The molecule has 0 aliphatic heterocycles. The van der Waals surface area contributed by atoms with Crippen LogP contribution in [0.25, 0.3) is 0 Å². The first-order valence-corrected chi connectivity index (χ1v) is 8.00. The lowest BCUT2D eigenvalue weighted by molar-refractivity contribution is 0.264. The van der Waals surface area contributed by atoms with Crippen LogP contribution in [0.5, 0.6) is 0 Å². The summed E-state index contributed by atoms with van der Waals surface area (Å²) < 4.78 is 5.15. The van der Waals surface area contributed by atoms with Crippen molar-refractivity contribution in [2.24, 2.45) is 0 Å². The molecule has 0 atom stereocenters. The minimum atomic E-state index is -0.210. The summed E-state index contributed by atoms with van der Waals surface area (Å²) in [7, 11) is 1.79. The van der Waals surface area contributed by atoms with Gasteiger partial charge in [0, 0.05) is 33.1 Å². The number of hydrogen-bond donors (Lipinski definition) is 2. The van der Waals surface area contributed by atoms with Crippen molar-refractivity contribution in [1.82, 2.24) is 9.44 Å². The average molecular weight is 272 g/mol. The van der Waals surface area contributed by atoms with Gasteiger partial charge in [-0.05, 0) is 0 Å². The standard InChI is InChI=1S/C6H12N2O2S4/c1-3-11-7-5(9)13-14-6(10)8-12-4-2/h3-4H2,1-2H3,(H,7,9)(H,8,10). The van der Waals surface area contributed by atoms with E-state index < -0.39 is 0 Å². The topological polar surface area (TPSA) is 58.2 Å². The molecule has 4 nitrogen and oxygen atoms in total. The minimum absolute atomic E-state index is 0.210. The highest BCUT2D eigenvalue weighted by molar-refractivity contribution is 8.87. The van der Waals surface area contributed by atoms with Gasteiger partial charge in [-0.25, -0.2) is 0 Å². The van der Waals surface area contributed by atoms with Crippen LogP contribution in [0.15, 0.2) is 0 Å². The quantitative estimate of drug-likeness (QED) is 0.606. The fourth-order valence-corrected chi connectivity index (χ4v) is 2.74. The summed E-state index contributed by atoms with van der Waals surface area (Å²) in [6.45, 7) is 3.88. The monoisotopic (exact) mass is 272 g/mol. The first kappa shape index (κ1) is 14.3. The summed E-state index contributed by atoms with van der Waals surface area (Å²) in [5, 5.41) is -0.419. The van der Waals surface area contributed by atoms with E-state index >= 15 is 0 Å². The second kappa shape index (κ2) is 9.88. The summed E-state index contributed by atoms with van der Waals surface area (Å²) in [5.74, 6) is 1.63. The molecule has 0 unspecified atom stereocenters. The molecule has 0 saturated heterocycles. The predicted octanol–water partition coefficient (Wildman–Crippen LogP) is 3.12. The Kier molecular flexibility index (Phi) is 10.1. The largest absolute Gasteiger partial charge is 0.300 e. The van der Waals surface area contributed by atoms with E-state index in [1.807, 2.05) is 13.8 Å². The van der Waals surface area contributed by atoms with E-state index in [0.717, 1.165) is 33.1 Å². The third-order valence-corrected chi connectivity index (χ3v) is 4.04. The fraction of sp³-hybridized carbons (Fsp3) is 0.667. The maximum atomic E-state index is 11.0. The number of carbonyl (C=O) groups excluding carboxylic acids is 2. The van der Waals surface area contributed by atoms with Gasteiger partial charge in [0.25, 0.3) is 10.5 Å². The van der Waals surface area contributed by atoms with E-state index in [9.17, 15) is 9.59 Å². The highest BCUT2D eigenvalue weighted by Gasteiger charge is 2.07. The number of carbonyl (C=O) groups is 2. The van der Waals surface area contributed by atoms with Crippen LogP contribution in [-0.2, 0) is 0 Å². The molecule has 0 radical (unpaired) electrons. The molecule has 82 valence electrons. The maximum Gasteiger partial charge on any atom is 0.300 e. The van der Waals surface area contributed by atoms with Gasteiger partial charge in [-0.1, -0.05) is 37.7 Å². The Balaban J connectivity index is 3.41. The lowest BCUT2D eigenvalue weighted by Gasteiger charge is -2.01. The Hall–Kier alpha value is 0.340. The van der Waals surface area contributed by atoms with Gasteiger partial charge in [0.15, 0.2) is 0 Å². The van der Waals surface area contributed by atoms with E-state index in [1.165, 1.54) is 23.9 Å². The molecule has 0 spiro atoms. The zero-order valence-corrected chi connectivity index (χ0v) is 11.1. The third-order valence-electron chi connectivity index (χ3n) is 0.793. The molecule has 2 N–H and O–H groups in total. The zero-order valence-electron chi connectivity index (χ0n) is 7.86. The van der Waals surface area contributed by atoms with Crippen molar-refractivity contribution in [3.05, 3.63) is 0 Å². The van der Waals surface area contributed by atoms with Crippen LogP contribution in [0.4, 0.5) is 9.59 Å². The minimum Gasteiger partial charge on any atom is -0.290 e. The molecule has 0 saturated carbocycles. The van der Waals surface area contributed by atoms with E-state index in [0.29, 0.717) is 0 Å². The van der Waals surface area contributed by atoms with Crippen molar-refractivity contribution in [1.29, 1.82) is 0 Å². The van der Waals surface area contributed by atoms with Crippen molar-refractivity contribution in [2.75, 3.05) is 11.5 Å². The molecule has 0 rings (SSSR count). The van der Waals surface area contributed by atoms with Gasteiger partial charge in [-0.2, -0.15) is 0 Å². The Morgan fingerprint density at radius 1 is 0.929 bits per heavy atom. The molecule has 0 aromatic rings. The van der Waals surface area contributed by atoms with Gasteiger partial charge < -0.3 is 0 Å². The van der Waals surface area contributed by atoms with Crippen LogP contribution < -0.4 is 9.44 Å². The molecule has 0 aliphatic rings. The molecule has 14 heavy (non-hydrogen) atoms. The summed E-state index contributed by atoms with van der Waals surface area (Å²) in [6, 6.07) is 0. The Bertz CT molecular complexity index is 171. The van der Waals surface area contributed by atoms with Crippen molar-refractivity contribution < 1.29 is 9.59 Å². The highest BCUT2D eigenvalue weighted by atomic mass is 33.1. The van der Waals surface area contributed by atoms with Gasteiger partial charge in [0.2, 0.25) is 0 Å². The van der Waals surface area contributed by atoms with E-state index in [1.54, 1.807) is 0 Å². The summed E-state index contributed by atoms with van der Waals surface area (Å²) in [4.78, 5) is 22.0. The van der Waals surface area contributed by atoms with Crippen LogP contribution in [0.2, 0.25) is 0 Å². The van der Waals surface area contributed by atoms with Crippen LogP contribution >= 0.6 is 45.5 Å². The number of amides is 2. The van der Waals surface area contributed by atoms with E-state index in [2.05, 4.69) is 9.44 Å². The normalized spacial score (nSPS) is 9.57. The summed E-state index contributed by atoms with van der Waals surface area (Å²) in [5.41, 5.74) is 0. The van der Waals surface area contributed by atoms with Crippen molar-refractivity contribution >= 4 is 56.0 Å². The molecule has 8 heteroatoms. The molecule has 0 heterocycles. The Morgan fingerprint density at radius 3 is 1.57 bits per heavy atom. The van der Waals surface area contributed by atoms with Gasteiger partial charge in [0.1, 0.15) is 0 Å². The second-order valence-electron chi connectivity index (χ2n) is 1.81. The van der Waals surface area contributed by atoms with Gasteiger partial charge in [-0.3, -0.25) is 19.0 Å². The van der Waals surface area contributed by atoms with Crippen LogP contribution in [0, 0.1) is 0 Å². The fourth-order valence-electron chi connectivity index (χ4n) is 0.372. The first-order valence-electron chi connectivity index (χ1n) is 3.88. The molecule has 0 fully saturated rings. The SMILES string of the molecule is CCSNC(=O)SSC(=O)NSCC.